The molecule has 1 aliphatic carbocycles. The fourth-order valence-electron chi connectivity index (χ4n) is 2.86. The SMILES string of the molecule is C=C(C)C1C=C(c2cc(OC)ccc2O)c2ccccc21. The summed E-state index contributed by atoms with van der Waals surface area (Å²) in [5, 5.41) is 10.2. The molecular weight excluding hydrogens is 260 g/mol. The van der Waals surface area contributed by atoms with Crippen LogP contribution in [0, 0.1) is 0 Å². The van der Waals surface area contributed by atoms with E-state index in [-0.39, 0.29) is 11.7 Å². The molecule has 106 valence electrons. The van der Waals surface area contributed by atoms with Crippen LogP contribution >= 0.6 is 0 Å². The number of allylic oxidation sites excluding steroid dienone is 2. The van der Waals surface area contributed by atoms with Gasteiger partial charge in [-0.3, -0.25) is 0 Å². The second-order valence-electron chi connectivity index (χ2n) is 5.37. The summed E-state index contributed by atoms with van der Waals surface area (Å²) in [6, 6.07) is 13.6. The van der Waals surface area contributed by atoms with Crippen LogP contribution in [-0.2, 0) is 0 Å². The standard InChI is InChI=1S/C19H18O2/c1-12(2)16-11-17(15-7-5-4-6-14(15)16)18-10-13(21-3)8-9-19(18)20/h4-11,16,20H,1H2,2-3H3. The normalized spacial score (nSPS) is 16.3. The summed E-state index contributed by atoms with van der Waals surface area (Å²) in [5.41, 5.74) is 5.32. The highest BCUT2D eigenvalue weighted by Crippen LogP contribution is 2.44. The van der Waals surface area contributed by atoms with Crippen LogP contribution in [0.15, 0.2) is 60.7 Å². The van der Waals surface area contributed by atoms with Gasteiger partial charge in [0, 0.05) is 11.5 Å². The highest BCUT2D eigenvalue weighted by molar-refractivity contribution is 5.89. The summed E-state index contributed by atoms with van der Waals surface area (Å²) in [5.74, 6) is 1.20. The van der Waals surface area contributed by atoms with Crippen molar-refractivity contribution in [1.82, 2.24) is 0 Å². The lowest BCUT2D eigenvalue weighted by Gasteiger charge is -2.10. The average molecular weight is 278 g/mol. The molecule has 1 atom stereocenters. The number of ether oxygens (including phenoxy) is 1. The fourth-order valence-corrected chi connectivity index (χ4v) is 2.86. The third-order valence-electron chi connectivity index (χ3n) is 3.94. The molecule has 1 unspecified atom stereocenters. The second kappa shape index (κ2) is 5.13. The van der Waals surface area contributed by atoms with E-state index < -0.39 is 0 Å². The first-order valence-corrected chi connectivity index (χ1v) is 6.95. The number of phenols is 1. The van der Waals surface area contributed by atoms with E-state index in [2.05, 4.69) is 24.8 Å². The van der Waals surface area contributed by atoms with E-state index in [1.807, 2.05) is 25.1 Å². The summed E-state index contributed by atoms with van der Waals surface area (Å²) in [6.07, 6.45) is 2.17. The van der Waals surface area contributed by atoms with Crippen molar-refractivity contribution < 1.29 is 9.84 Å². The maximum absolute atomic E-state index is 10.2. The van der Waals surface area contributed by atoms with Gasteiger partial charge in [-0.2, -0.15) is 0 Å². The van der Waals surface area contributed by atoms with E-state index in [9.17, 15) is 5.11 Å². The topological polar surface area (TPSA) is 29.5 Å². The third kappa shape index (κ3) is 2.23. The zero-order chi connectivity index (χ0) is 15.0. The van der Waals surface area contributed by atoms with Crippen molar-refractivity contribution in [3.63, 3.8) is 0 Å². The molecule has 0 radical (unpaired) electrons. The van der Waals surface area contributed by atoms with Crippen LogP contribution in [-0.4, -0.2) is 12.2 Å². The van der Waals surface area contributed by atoms with Crippen molar-refractivity contribution in [1.29, 1.82) is 0 Å². The molecule has 0 saturated carbocycles. The molecule has 0 saturated heterocycles. The zero-order valence-corrected chi connectivity index (χ0v) is 12.3. The number of fused-ring (bicyclic) bond motifs is 1. The Morgan fingerprint density at radius 1 is 1.14 bits per heavy atom. The van der Waals surface area contributed by atoms with Crippen molar-refractivity contribution in [2.75, 3.05) is 7.11 Å². The number of phenolic OH excluding ortho intramolecular Hbond substituents is 1. The molecule has 0 spiro atoms. The molecule has 0 aromatic heterocycles. The third-order valence-corrected chi connectivity index (χ3v) is 3.94. The van der Waals surface area contributed by atoms with Crippen molar-refractivity contribution in [3.05, 3.63) is 77.4 Å². The predicted octanol–water partition coefficient (Wildman–Crippen LogP) is 4.51. The first kappa shape index (κ1) is 13.5. The van der Waals surface area contributed by atoms with Gasteiger partial charge in [0.1, 0.15) is 11.5 Å². The molecule has 0 amide bonds. The minimum Gasteiger partial charge on any atom is -0.507 e. The minimum atomic E-state index is 0.196. The number of rotatable bonds is 3. The van der Waals surface area contributed by atoms with Gasteiger partial charge in [-0.05, 0) is 41.8 Å². The number of aromatic hydroxyl groups is 1. The molecule has 0 heterocycles. The van der Waals surface area contributed by atoms with E-state index in [4.69, 9.17) is 4.74 Å². The summed E-state index contributed by atoms with van der Waals surface area (Å²) in [6.45, 7) is 6.12. The van der Waals surface area contributed by atoms with E-state index in [0.29, 0.717) is 0 Å². The number of hydrogen-bond donors (Lipinski definition) is 1. The lowest BCUT2D eigenvalue weighted by molar-refractivity contribution is 0.412. The van der Waals surface area contributed by atoms with Gasteiger partial charge in [-0.25, -0.2) is 0 Å². The van der Waals surface area contributed by atoms with Crippen LogP contribution in [0.3, 0.4) is 0 Å². The smallest absolute Gasteiger partial charge is 0.123 e. The van der Waals surface area contributed by atoms with Gasteiger partial charge in [-0.15, -0.1) is 0 Å². The van der Waals surface area contributed by atoms with Crippen LogP contribution in [0.1, 0.15) is 29.5 Å². The summed E-state index contributed by atoms with van der Waals surface area (Å²) >= 11 is 0. The quantitative estimate of drug-likeness (QED) is 0.837. The Morgan fingerprint density at radius 3 is 2.62 bits per heavy atom. The van der Waals surface area contributed by atoms with Crippen molar-refractivity contribution in [2.24, 2.45) is 0 Å². The molecule has 0 aliphatic heterocycles. The Balaban J connectivity index is 2.19. The minimum absolute atomic E-state index is 0.196. The van der Waals surface area contributed by atoms with E-state index in [1.54, 1.807) is 19.2 Å². The van der Waals surface area contributed by atoms with Crippen molar-refractivity contribution in [2.45, 2.75) is 12.8 Å². The van der Waals surface area contributed by atoms with Crippen LogP contribution < -0.4 is 4.74 Å². The second-order valence-corrected chi connectivity index (χ2v) is 5.37. The maximum atomic E-state index is 10.2. The molecule has 2 heteroatoms. The molecule has 1 aliphatic rings. The Kier molecular flexibility index (Phi) is 3.30. The van der Waals surface area contributed by atoms with E-state index in [0.717, 1.165) is 28.0 Å². The van der Waals surface area contributed by atoms with Gasteiger partial charge < -0.3 is 9.84 Å². The van der Waals surface area contributed by atoms with Gasteiger partial charge in [-0.1, -0.05) is 42.5 Å². The lowest BCUT2D eigenvalue weighted by Crippen LogP contribution is -1.93. The molecule has 2 aromatic carbocycles. The fraction of sp³-hybridized carbons (Fsp3) is 0.158. The highest BCUT2D eigenvalue weighted by atomic mass is 16.5. The van der Waals surface area contributed by atoms with E-state index >= 15 is 0 Å². The van der Waals surface area contributed by atoms with Crippen molar-refractivity contribution >= 4 is 5.57 Å². The van der Waals surface area contributed by atoms with Gasteiger partial charge in [0.05, 0.1) is 7.11 Å². The molecule has 1 N–H and O–H groups in total. The Morgan fingerprint density at radius 2 is 1.90 bits per heavy atom. The van der Waals surface area contributed by atoms with E-state index in [1.165, 1.54) is 5.56 Å². The molecule has 21 heavy (non-hydrogen) atoms. The van der Waals surface area contributed by atoms with Crippen LogP contribution in [0.4, 0.5) is 0 Å². The van der Waals surface area contributed by atoms with Gasteiger partial charge in [0.15, 0.2) is 0 Å². The molecule has 0 fully saturated rings. The van der Waals surface area contributed by atoms with Gasteiger partial charge >= 0.3 is 0 Å². The molecular formula is C19H18O2. The summed E-state index contributed by atoms with van der Waals surface area (Å²) in [7, 11) is 1.63. The summed E-state index contributed by atoms with van der Waals surface area (Å²) < 4.78 is 5.28. The highest BCUT2D eigenvalue weighted by Gasteiger charge is 2.25. The average Bonchev–Trinajstić information content (AvgIpc) is 2.87. The first-order chi connectivity index (χ1) is 10.1. The maximum Gasteiger partial charge on any atom is 0.123 e. The largest absolute Gasteiger partial charge is 0.507 e. The number of benzene rings is 2. The monoisotopic (exact) mass is 278 g/mol. The van der Waals surface area contributed by atoms with Crippen LogP contribution in [0.2, 0.25) is 0 Å². The molecule has 0 bridgehead atoms. The summed E-state index contributed by atoms with van der Waals surface area (Å²) in [4.78, 5) is 0. The molecule has 2 nitrogen and oxygen atoms in total. The Labute approximate surface area is 125 Å². The first-order valence-electron chi connectivity index (χ1n) is 6.95. The molecule has 3 rings (SSSR count). The van der Waals surface area contributed by atoms with Gasteiger partial charge in [0.25, 0.3) is 0 Å². The Bertz CT molecular complexity index is 741. The predicted molar refractivity (Wildman–Crippen MR) is 85.7 cm³/mol. The number of hydrogen-bond acceptors (Lipinski definition) is 2. The van der Waals surface area contributed by atoms with Crippen LogP contribution in [0.25, 0.3) is 5.57 Å². The lowest BCUT2D eigenvalue weighted by atomic mass is 9.94. The Hall–Kier alpha value is -2.48. The molecule has 2 aromatic rings. The van der Waals surface area contributed by atoms with Crippen molar-refractivity contribution in [3.8, 4) is 11.5 Å². The van der Waals surface area contributed by atoms with Crippen LogP contribution in [0.5, 0.6) is 11.5 Å². The number of methoxy groups -OCH3 is 1. The van der Waals surface area contributed by atoms with Gasteiger partial charge in [0.2, 0.25) is 0 Å². The zero-order valence-electron chi connectivity index (χ0n) is 12.3.